The van der Waals surface area contributed by atoms with Crippen LogP contribution >= 0.6 is 0 Å². The van der Waals surface area contributed by atoms with Crippen LogP contribution in [0, 0.1) is 16.7 Å². The van der Waals surface area contributed by atoms with Gasteiger partial charge in [-0.1, -0.05) is 32.4 Å². The van der Waals surface area contributed by atoms with Crippen LogP contribution in [-0.2, 0) is 0 Å². The van der Waals surface area contributed by atoms with Crippen LogP contribution in [0.3, 0.4) is 0 Å². The van der Waals surface area contributed by atoms with Gasteiger partial charge in [0, 0.05) is 6.61 Å². The molecule has 0 aliphatic heterocycles. The minimum atomic E-state index is 0.299. The molecule has 1 heteroatoms. The van der Waals surface area contributed by atoms with Gasteiger partial charge in [0.15, 0.2) is 0 Å². The zero-order valence-corrected chi connectivity index (χ0v) is 8.93. The number of hydrogen-bond acceptors (Lipinski definition) is 1. The maximum Gasteiger partial charge on any atom is 0.0439 e. The van der Waals surface area contributed by atoms with E-state index < -0.39 is 0 Å². The van der Waals surface area contributed by atoms with Crippen molar-refractivity contribution in [3.63, 3.8) is 0 Å². The molecule has 13 heavy (non-hydrogen) atoms. The largest absolute Gasteiger partial charge is 0.396 e. The second-order valence-electron chi connectivity index (χ2n) is 5.48. The summed E-state index contributed by atoms with van der Waals surface area (Å²) in [6.07, 6.45) is 5.97. The number of aliphatic hydroxyl groups is 1. The van der Waals surface area contributed by atoms with E-state index in [2.05, 4.69) is 26.8 Å². The van der Waals surface area contributed by atoms with Crippen molar-refractivity contribution in [2.24, 2.45) is 16.7 Å². The van der Waals surface area contributed by atoms with E-state index in [1.54, 1.807) is 5.57 Å². The van der Waals surface area contributed by atoms with Gasteiger partial charge in [-0.15, -0.1) is 0 Å². The molecular weight excluding hydrogens is 160 g/mol. The highest BCUT2D eigenvalue weighted by molar-refractivity contribution is 5.36. The van der Waals surface area contributed by atoms with E-state index in [1.807, 2.05) is 0 Å². The molecular formula is C12H20O. The highest BCUT2D eigenvalue weighted by atomic mass is 16.3. The predicted octanol–water partition coefficient (Wildman–Crippen LogP) is 2.75. The van der Waals surface area contributed by atoms with Crippen molar-refractivity contribution in [2.45, 2.75) is 40.0 Å². The van der Waals surface area contributed by atoms with Crippen LogP contribution in [0.4, 0.5) is 0 Å². The second-order valence-corrected chi connectivity index (χ2v) is 5.48. The first-order chi connectivity index (χ1) is 6.00. The van der Waals surface area contributed by atoms with Gasteiger partial charge < -0.3 is 5.11 Å². The summed E-state index contributed by atoms with van der Waals surface area (Å²) in [6, 6.07) is 0. The summed E-state index contributed by atoms with van der Waals surface area (Å²) in [7, 11) is 0. The van der Waals surface area contributed by atoms with Gasteiger partial charge in [0.2, 0.25) is 0 Å². The lowest BCUT2D eigenvalue weighted by atomic mass is 9.48. The molecule has 0 amide bonds. The smallest absolute Gasteiger partial charge is 0.0439 e. The maximum absolute atomic E-state index is 9.06. The number of rotatable bonds is 2. The molecule has 3 aliphatic rings. The molecule has 3 rings (SSSR count). The molecule has 1 nitrogen and oxygen atoms in total. The van der Waals surface area contributed by atoms with Crippen LogP contribution in [0.5, 0.6) is 0 Å². The van der Waals surface area contributed by atoms with Gasteiger partial charge in [-0.25, -0.2) is 0 Å². The van der Waals surface area contributed by atoms with Crippen LogP contribution in [0.1, 0.15) is 40.0 Å². The maximum atomic E-state index is 9.06. The lowest BCUT2D eigenvalue weighted by Crippen LogP contribution is -2.47. The van der Waals surface area contributed by atoms with Gasteiger partial charge in [-0.2, -0.15) is 0 Å². The van der Waals surface area contributed by atoms with E-state index in [1.165, 1.54) is 12.8 Å². The van der Waals surface area contributed by atoms with Gasteiger partial charge in [-0.3, -0.25) is 0 Å². The Morgan fingerprint density at radius 1 is 1.46 bits per heavy atom. The molecule has 0 aromatic rings. The minimum Gasteiger partial charge on any atom is -0.396 e. The summed E-state index contributed by atoms with van der Waals surface area (Å²) in [5.41, 5.74) is 2.32. The second kappa shape index (κ2) is 2.60. The normalized spacial score (nSPS) is 40.9. The Hall–Kier alpha value is -0.300. The summed E-state index contributed by atoms with van der Waals surface area (Å²) in [6.45, 7) is 7.34. The fourth-order valence-electron chi connectivity index (χ4n) is 3.27. The lowest BCUT2D eigenvalue weighted by molar-refractivity contribution is 0.0841. The monoisotopic (exact) mass is 180 g/mol. The Labute approximate surface area is 80.8 Å². The first-order valence-electron chi connectivity index (χ1n) is 5.34. The molecule has 1 saturated carbocycles. The summed E-state index contributed by atoms with van der Waals surface area (Å²) in [5, 5.41) is 9.06. The average Bonchev–Trinajstić information content (AvgIpc) is 2.03. The van der Waals surface area contributed by atoms with Crippen LogP contribution in [0.15, 0.2) is 11.6 Å². The molecule has 0 radical (unpaired) electrons. The fourth-order valence-corrected chi connectivity index (χ4v) is 3.27. The van der Waals surface area contributed by atoms with Crippen molar-refractivity contribution in [1.29, 1.82) is 0 Å². The Bertz CT molecular complexity index is 252. The van der Waals surface area contributed by atoms with Crippen LogP contribution in [0.2, 0.25) is 0 Å². The van der Waals surface area contributed by atoms with Crippen molar-refractivity contribution in [3.05, 3.63) is 11.6 Å². The molecule has 0 spiro atoms. The summed E-state index contributed by atoms with van der Waals surface area (Å²) in [4.78, 5) is 0. The van der Waals surface area contributed by atoms with Gasteiger partial charge in [-0.05, 0) is 36.0 Å². The first-order valence-corrected chi connectivity index (χ1v) is 5.34. The molecule has 1 fully saturated rings. The third kappa shape index (κ3) is 1.10. The standard InChI is InChI=1S/C12H20O/c1-11(2)9-4-5-12(3,6-7-13)10(11)8-9/h8-9,13H,4-7H2,1-3H3. The molecule has 74 valence electrons. The molecule has 2 bridgehead atoms. The number of aliphatic hydroxyl groups excluding tert-OH is 1. The predicted molar refractivity (Wildman–Crippen MR) is 54.4 cm³/mol. The Kier molecular flexibility index (Phi) is 1.85. The Morgan fingerprint density at radius 2 is 2.15 bits per heavy atom. The minimum absolute atomic E-state index is 0.299. The number of hydrogen-bond donors (Lipinski definition) is 1. The molecule has 2 atom stereocenters. The van der Waals surface area contributed by atoms with E-state index >= 15 is 0 Å². The summed E-state index contributed by atoms with van der Waals surface area (Å²) < 4.78 is 0. The van der Waals surface area contributed by atoms with Gasteiger partial charge >= 0.3 is 0 Å². The van der Waals surface area contributed by atoms with Crippen molar-refractivity contribution >= 4 is 0 Å². The highest BCUT2D eigenvalue weighted by Gasteiger charge is 2.51. The molecule has 3 aliphatic carbocycles. The van der Waals surface area contributed by atoms with Gasteiger partial charge in [0.25, 0.3) is 0 Å². The summed E-state index contributed by atoms with van der Waals surface area (Å²) >= 11 is 0. The fraction of sp³-hybridized carbons (Fsp3) is 0.833. The van der Waals surface area contributed by atoms with E-state index in [-0.39, 0.29) is 0 Å². The topological polar surface area (TPSA) is 20.2 Å². The Balaban J connectivity index is 2.25. The third-order valence-corrected chi connectivity index (χ3v) is 4.31. The molecule has 1 N–H and O–H groups in total. The molecule has 0 heterocycles. The number of allylic oxidation sites excluding steroid dienone is 2. The van der Waals surface area contributed by atoms with Gasteiger partial charge in [0.05, 0.1) is 0 Å². The third-order valence-electron chi connectivity index (χ3n) is 4.31. The molecule has 0 saturated heterocycles. The quantitative estimate of drug-likeness (QED) is 0.648. The number of fused-ring (bicyclic) bond motifs is 2. The highest BCUT2D eigenvalue weighted by Crippen LogP contribution is 2.62. The van der Waals surface area contributed by atoms with Crippen LogP contribution < -0.4 is 0 Å². The van der Waals surface area contributed by atoms with Crippen LogP contribution in [0.25, 0.3) is 0 Å². The SMILES string of the molecule is CC1(CCO)CCC2C=C1C2(C)C. The van der Waals surface area contributed by atoms with Crippen molar-refractivity contribution in [1.82, 2.24) is 0 Å². The van der Waals surface area contributed by atoms with Crippen molar-refractivity contribution < 1.29 is 5.11 Å². The van der Waals surface area contributed by atoms with E-state index in [4.69, 9.17) is 5.11 Å². The zero-order chi connectivity index (χ0) is 9.69. The lowest BCUT2D eigenvalue weighted by Gasteiger charge is -2.57. The van der Waals surface area contributed by atoms with Crippen molar-refractivity contribution in [2.75, 3.05) is 6.61 Å². The summed E-state index contributed by atoms with van der Waals surface area (Å²) in [5.74, 6) is 0.814. The molecule has 0 aromatic carbocycles. The van der Waals surface area contributed by atoms with E-state index in [9.17, 15) is 0 Å². The van der Waals surface area contributed by atoms with Crippen LogP contribution in [-0.4, -0.2) is 11.7 Å². The molecule has 2 unspecified atom stereocenters. The van der Waals surface area contributed by atoms with E-state index in [0.717, 1.165) is 12.3 Å². The first kappa shape index (κ1) is 9.26. The molecule has 0 aromatic heterocycles. The van der Waals surface area contributed by atoms with Gasteiger partial charge in [0.1, 0.15) is 0 Å². The Morgan fingerprint density at radius 3 is 2.62 bits per heavy atom. The zero-order valence-electron chi connectivity index (χ0n) is 8.93. The average molecular weight is 180 g/mol. The van der Waals surface area contributed by atoms with Crippen molar-refractivity contribution in [3.8, 4) is 0 Å². The van der Waals surface area contributed by atoms with E-state index in [0.29, 0.717) is 17.4 Å².